The molecule has 2 N–H and O–H groups in total. The molecule has 0 aromatic carbocycles. The van der Waals surface area contributed by atoms with E-state index in [1.54, 1.807) is 13.0 Å². The molecule has 17 heavy (non-hydrogen) atoms. The van der Waals surface area contributed by atoms with E-state index < -0.39 is 18.0 Å². The first-order valence-corrected chi connectivity index (χ1v) is 5.07. The number of nitrogens with zero attached hydrogens (tertiary/aromatic N) is 2. The number of amides is 2. The quantitative estimate of drug-likeness (QED) is 0.804. The Hall–Kier alpha value is -2.05. The highest BCUT2D eigenvalue weighted by Crippen LogP contribution is 2.02. The lowest BCUT2D eigenvalue weighted by atomic mass is 10.3. The van der Waals surface area contributed by atoms with Gasteiger partial charge < -0.3 is 19.8 Å². The molecule has 0 spiro atoms. The van der Waals surface area contributed by atoms with E-state index in [0.29, 0.717) is 11.5 Å². The molecule has 0 aliphatic rings. The van der Waals surface area contributed by atoms with E-state index in [-0.39, 0.29) is 6.54 Å². The van der Waals surface area contributed by atoms with Crippen LogP contribution in [0.3, 0.4) is 0 Å². The Bertz CT molecular complexity index is 415. The molecule has 0 bridgehead atoms. The number of likely N-dealkylation sites (N-methyl/N-ethyl adjacent to an activating group) is 1. The Kier molecular flexibility index (Phi) is 4.08. The molecule has 1 atom stereocenters. The van der Waals surface area contributed by atoms with Crippen molar-refractivity contribution in [2.45, 2.75) is 26.4 Å². The molecule has 0 radical (unpaired) electrons. The number of carboxylic acids is 1. The van der Waals surface area contributed by atoms with Crippen LogP contribution in [0.15, 0.2) is 10.6 Å². The first kappa shape index (κ1) is 13.0. The highest BCUT2D eigenvalue weighted by atomic mass is 16.5. The summed E-state index contributed by atoms with van der Waals surface area (Å²) in [5.41, 5.74) is 0.590. The van der Waals surface area contributed by atoms with Crippen molar-refractivity contribution in [2.75, 3.05) is 7.05 Å². The number of urea groups is 1. The van der Waals surface area contributed by atoms with Crippen LogP contribution in [0, 0.1) is 6.92 Å². The summed E-state index contributed by atoms with van der Waals surface area (Å²) in [7, 11) is 1.42. The van der Waals surface area contributed by atoms with Crippen molar-refractivity contribution in [3.8, 4) is 0 Å². The smallest absolute Gasteiger partial charge is 0.326 e. The molecule has 0 fully saturated rings. The summed E-state index contributed by atoms with van der Waals surface area (Å²) in [6.45, 7) is 3.38. The third kappa shape index (κ3) is 3.47. The fraction of sp³-hybridized carbons (Fsp3) is 0.500. The number of rotatable bonds is 4. The third-order valence-electron chi connectivity index (χ3n) is 2.36. The minimum absolute atomic E-state index is 0.201. The first-order chi connectivity index (χ1) is 7.91. The molecule has 0 saturated heterocycles. The Labute approximate surface area is 98.4 Å². The van der Waals surface area contributed by atoms with Gasteiger partial charge in [0.15, 0.2) is 0 Å². The van der Waals surface area contributed by atoms with E-state index in [1.807, 2.05) is 0 Å². The predicted octanol–water partition coefficient (Wildman–Crippen LogP) is 0.598. The second-order valence-corrected chi connectivity index (χ2v) is 3.71. The van der Waals surface area contributed by atoms with Crippen molar-refractivity contribution >= 4 is 12.0 Å². The molecule has 1 unspecified atom stereocenters. The predicted molar refractivity (Wildman–Crippen MR) is 58.3 cm³/mol. The number of aryl methyl sites for hydroxylation is 1. The molecule has 1 rings (SSSR count). The average molecular weight is 241 g/mol. The number of aliphatic carboxylic acids is 1. The highest BCUT2D eigenvalue weighted by molar-refractivity contribution is 5.82. The monoisotopic (exact) mass is 241 g/mol. The summed E-state index contributed by atoms with van der Waals surface area (Å²) in [5, 5.41) is 15.0. The van der Waals surface area contributed by atoms with Crippen LogP contribution in [0.1, 0.15) is 18.4 Å². The second kappa shape index (κ2) is 5.33. The lowest BCUT2D eigenvalue weighted by Crippen LogP contribution is -2.45. The summed E-state index contributed by atoms with van der Waals surface area (Å²) in [4.78, 5) is 23.3. The lowest BCUT2D eigenvalue weighted by Gasteiger charge is -2.21. The van der Waals surface area contributed by atoms with Crippen LogP contribution >= 0.6 is 0 Å². The fourth-order valence-electron chi connectivity index (χ4n) is 1.13. The topological polar surface area (TPSA) is 95.7 Å². The van der Waals surface area contributed by atoms with Crippen molar-refractivity contribution < 1.29 is 19.2 Å². The van der Waals surface area contributed by atoms with E-state index in [2.05, 4.69) is 10.5 Å². The Morgan fingerprint density at radius 1 is 1.65 bits per heavy atom. The SMILES string of the molecule is Cc1cc(CNC(=O)N(C)C(C)C(=O)O)no1. The van der Waals surface area contributed by atoms with Crippen LogP contribution < -0.4 is 5.32 Å². The minimum atomic E-state index is -1.06. The number of carbonyl (C=O) groups excluding carboxylic acids is 1. The summed E-state index contributed by atoms with van der Waals surface area (Å²) < 4.78 is 4.83. The first-order valence-electron chi connectivity index (χ1n) is 5.07. The molecular formula is C10H15N3O4. The molecule has 0 saturated carbocycles. The van der Waals surface area contributed by atoms with Gasteiger partial charge in [-0.15, -0.1) is 0 Å². The van der Waals surface area contributed by atoms with E-state index in [4.69, 9.17) is 9.63 Å². The number of carbonyl (C=O) groups is 2. The number of hydrogen-bond donors (Lipinski definition) is 2. The summed E-state index contributed by atoms with van der Waals surface area (Å²) in [6.07, 6.45) is 0. The van der Waals surface area contributed by atoms with E-state index in [9.17, 15) is 9.59 Å². The molecule has 1 aromatic rings. The molecule has 1 aromatic heterocycles. The molecule has 1 heterocycles. The van der Waals surface area contributed by atoms with Crippen LogP contribution in [0.4, 0.5) is 4.79 Å². The van der Waals surface area contributed by atoms with Crippen molar-refractivity contribution in [1.29, 1.82) is 0 Å². The highest BCUT2D eigenvalue weighted by Gasteiger charge is 2.21. The van der Waals surface area contributed by atoms with Crippen molar-refractivity contribution in [3.63, 3.8) is 0 Å². The van der Waals surface area contributed by atoms with E-state index in [1.165, 1.54) is 14.0 Å². The van der Waals surface area contributed by atoms with E-state index in [0.717, 1.165) is 4.90 Å². The standard InChI is InChI=1S/C10H15N3O4/c1-6-4-8(12-17-6)5-11-10(16)13(3)7(2)9(14)15/h4,7H,5H2,1-3H3,(H,11,16)(H,14,15). The van der Waals surface area contributed by atoms with E-state index >= 15 is 0 Å². The second-order valence-electron chi connectivity index (χ2n) is 3.71. The van der Waals surface area contributed by atoms with Gasteiger partial charge in [0.1, 0.15) is 17.5 Å². The maximum Gasteiger partial charge on any atom is 0.326 e. The van der Waals surface area contributed by atoms with Gasteiger partial charge in [-0.2, -0.15) is 0 Å². The van der Waals surface area contributed by atoms with Crippen LogP contribution in [-0.4, -0.2) is 40.3 Å². The zero-order valence-corrected chi connectivity index (χ0v) is 9.93. The van der Waals surface area contributed by atoms with Crippen molar-refractivity contribution in [1.82, 2.24) is 15.4 Å². The molecular weight excluding hydrogens is 226 g/mol. The van der Waals surface area contributed by atoms with Gasteiger partial charge in [0.25, 0.3) is 0 Å². The Balaban J connectivity index is 2.47. The van der Waals surface area contributed by atoms with Gasteiger partial charge in [-0.1, -0.05) is 5.16 Å². The minimum Gasteiger partial charge on any atom is -0.480 e. The van der Waals surface area contributed by atoms with Crippen LogP contribution in [0.25, 0.3) is 0 Å². The third-order valence-corrected chi connectivity index (χ3v) is 2.36. The maximum atomic E-state index is 11.6. The maximum absolute atomic E-state index is 11.6. The summed E-state index contributed by atoms with van der Waals surface area (Å²) in [5.74, 6) is -0.401. The largest absolute Gasteiger partial charge is 0.480 e. The van der Waals surface area contributed by atoms with Gasteiger partial charge in [0.2, 0.25) is 0 Å². The lowest BCUT2D eigenvalue weighted by molar-refractivity contribution is -0.141. The zero-order chi connectivity index (χ0) is 13.0. The molecule has 0 aliphatic heterocycles. The Morgan fingerprint density at radius 3 is 2.76 bits per heavy atom. The molecule has 7 heteroatoms. The number of hydrogen-bond acceptors (Lipinski definition) is 4. The van der Waals surface area contributed by atoms with Crippen molar-refractivity contribution in [3.05, 3.63) is 17.5 Å². The van der Waals surface area contributed by atoms with Gasteiger partial charge in [0.05, 0.1) is 6.54 Å². The molecule has 7 nitrogen and oxygen atoms in total. The summed E-state index contributed by atoms with van der Waals surface area (Å²) >= 11 is 0. The van der Waals surface area contributed by atoms with Crippen molar-refractivity contribution in [2.24, 2.45) is 0 Å². The van der Waals surface area contributed by atoms with Crippen LogP contribution in [0.2, 0.25) is 0 Å². The fourth-order valence-corrected chi connectivity index (χ4v) is 1.13. The number of carboxylic acid groups (broad SMARTS) is 1. The van der Waals surface area contributed by atoms with Gasteiger partial charge in [-0.3, -0.25) is 0 Å². The molecule has 94 valence electrons. The van der Waals surface area contributed by atoms with Gasteiger partial charge in [-0.25, -0.2) is 9.59 Å². The van der Waals surface area contributed by atoms with Gasteiger partial charge in [-0.05, 0) is 13.8 Å². The van der Waals surface area contributed by atoms with Gasteiger partial charge in [0, 0.05) is 13.1 Å². The van der Waals surface area contributed by atoms with Gasteiger partial charge >= 0.3 is 12.0 Å². The molecule has 0 aliphatic carbocycles. The van der Waals surface area contributed by atoms with Crippen LogP contribution in [0.5, 0.6) is 0 Å². The molecule has 2 amide bonds. The van der Waals surface area contributed by atoms with Crippen LogP contribution in [-0.2, 0) is 11.3 Å². The average Bonchev–Trinajstić information content (AvgIpc) is 2.69. The Morgan fingerprint density at radius 2 is 2.29 bits per heavy atom. The number of aromatic nitrogens is 1. The zero-order valence-electron chi connectivity index (χ0n) is 9.93. The normalized spacial score (nSPS) is 11.9. The summed E-state index contributed by atoms with van der Waals surface area (Å²) in [6, 6.07) is 0.343. The number of nitrogens with one attached hydrogen (secondary N) is 1.